The van der Waals surface area contributed by atoms with Crippen LogP contribution in [0.4, 0.5) is 11.4 Å². The second kappa shape index (κ2) is 9.21. The molecule has 0 saturated heterocycles. The van der Waals surface area contributed by atoms with Crippen molar-refractivity contribution in [1.29, 1.82) is 0 Å². The molecule has 0 heterocycles. The zero-order valence-electron chi connectivity index (χ0n) is 16.9. The number of hydrogen-bond donors (Lipinski definition) is 3. The molecule has 0 radical (unpaired) electrons. The molecule has 0 fully saturated rings. The van der Waals surface area contributed by atoms with Gasteiger partial charge < -0.3 is 20.3 Å². The zero-order valence-corrected chi connectivity index (χ0v) is 16.9. The summed E-state index contributed by atoms with van der Waals surface area (Å²) in [7, 11) is 3.39. The summed E-state index contributed by atoms with van der Waals surface area (Å²) in [4.78, 5) is 26.0. The van der Waals surface area contributed by atoms with Crippen molar-refractivity contribution in [2.75, 3.05) is 31.3 Å². The van der Waals surface area contributed by atoms with Crippen LogP contribution in [0.3, 0.4) is 0 Å². The number of anilines is 2. The van der Waals surface area contributed by atoms with Crippen molar-refractivity contribution < 1.29 is 19.2 Å². The fourth-order valence-corrected chi connectivity index (χ4v) is 3.15. The normalized spacial score (nSPS) is 12.8. The Bertz CT molecular complexity index is 1010. The van der Waals surface area contributed by atoms with Crippen LogP contribution in [0.25, 0.3) is 10.8 Å². The Morgan fingerprint density at radius 3 is 2.38 bits per heavy atom. The molecule has 3 rings (SSSR count). The van der Waals surface area contributed by atoms with Gasteiger partial charge in [0, 0.05) is 11.1 Å². The first-order valence-electron chi connectivity index (χ1n) is 9.53. The Morgan fingerprint density at radius 1 is 0.931 bits per heavy atom. The number of quaternary nitrogens is 1. The third-order valence-electron chi connectivity index (χ3n) is 5.00. The van der Waals surface area contributed by atoms with Gasteiger partial charge in [0.2, 0.25) is 0 Å². The summed E-state index contributed by atoms with van der Waals surface area (Å²) in [6, 6.07) is 20.5. The molecule has 0 saturated carbocycles. The van der Waals surface area contributed by atoms with Gasteiger partial charge in [-0.2, -0.15) is 0 Å². The molecule has 0 aliphatic rings. The largest absolute Gasteiger partial charge is 0.495 e. The van der Waals surface area contributed by atoms with Crippen molar-refractivity contribution in [3.63, 3.8) is 0 Å². The topological polar surface area (TPSA) is 71.9 Å². The Labute approximate surface area is 170 Å². The maximum absolute atomic E-state index is 12.6. The molecular formula is C23H26N3O3+. The van der Waals surface area contributed by atoms with E-state index in [2.05, 4.69) is 10.6 Å². The zero-order chi connectivity index (χ0) is 20.8. The molecular weight excluding hydrogens is 366 g/mol. The number of methoxy groups -OCH3 is 1. The number of carbonyl (C=O) groups excluding carboxylic acids is 2. The minimum absolute atomic E-state index is 0.143. The van der Waals surface area contributed by atoms with Gasteiger partial charge in [-0.3, -0.25) is 9.59 Å². The van der Waals surface area contributed by atoms with Crippen LogP contribution in [0.1, 0.15) is 6.92 Å². The molecule has 150 valence electrons. The van der Waals surface area contributed by atoms with Gasteiger partial charge in [0.05, 0.1) is 19.8 Å². The summed E-state index contributed by atoms with van der Waals surface area (Å²) in [5, 5.41) is 7.89. The number of benzene rings is 3. The molecule has 6 nitrogen and oxygen atoms in total. The molecule has 1 unspecified atom stereocenters. The maximum atomic E-state index is 12.6. The lowest BCUT2D eigenvalue weighted by atomic mass is 10.1. The van der Waals surface area contributed by atoms with E-state index < -0.39 is 6.04 Å². The fraction of sp³-hybridized carbons (Fsp3) is 0.217. The molecule has 3 N–H and O–H groups in total. The van der Waals surface area contributed by atoms with Gasteiger partial charge in [-0.1, -0.05) is 48.5 Å². The SMILES string of the molecule is COc1ccccc1NC(=O)[C@H](C)[NH+](C)CC(=O)Nc1cccc2ccccc12. The van der Waals surface area contributed by atoms with E-state index in [1.54, 1.807) is 26.2 Å². The van der Waals surface area contributed by atoms with Crippen LogP contribution < -0.4 is 20.3 Å². The van der Waals surface area contributed by atoms with Crippen molar-refractivity contribution in [2.45, 2.75) is 13.0 Å². The third-order valence-corrected chi connectivity index (χ3v) is 5.00. The molecule has 6 heteroatoms. The summed E-state index contributed by atoms with van der Waals surface area (Å²) in [5.41, 5.74) is 1.38. The highest BCUT2D eigenvalue weighted by Crippen LogP contribution is 2.23. The first kappa shape index (κ1) is 20.4. The van der Waals surface area contributed by atoms with Crippen LogP contribution in [-0.2, 0) is 9.59 Å². The van der Waals surface area contributed by atoms with E-state index in [-0.39, 0.29) is 18.4 Å². The quantitative estimate of drug-likeness (QED) is 0.578. The van der Waals surface area contributed by atoms with Crippen LogP contribution >= 0.6 is 0 Å². The van der Waals surface area contributed by atoms with Crippen molar-refractivity contribution in [1.82, 2.24) is 0 Å². The number of para-hydroxylation sites is 2. The molecule has 0 aliphatic carbocycles. The van der Waals surface area contributed by atoms with Gasteiger partial charge in [-0.15, -0.1) is 0 Å². The molecule has 0 aromatic heterocycles. The average Bonchev–Trinajstić information content (AvgIpc) is 2.73. The molecule has 3 aromatic carbocycles. The number of hydrogen-bond acceptors (Lipinski definition) is 3. The highest BCUT2D eigenvalue weighted by atomic mass is 16.5. The van der Waals surface area contributed by atoms with E-state index in [0.717, 1.165) is 21.4 Å². The van der Waals surface area contributed by atoms with E-state index in [0.29, 0.717) is 11.4 Å². The number of nitrogens with one attached hydrogen (secondary N) is 3. The van der Waals surface area contributed by atoms with Crippen LogP contribution in [0, 0.1) is 0 Å². The fourth-order valence-electron chi connectivity index (χ4n) is 3.15. The maximum Gasteiger partial charge on any atom is 0.282 e. The molecule has 0 bridgehead atoms. The number of rotatable bonds is 7. The van der Waals surface area contributed by atoms with Crippen LogP contribution in [0.15, 0.2) is 66.7 Å². The predicted octanol–water partition coefficient (Wildman–Crippen LogP) is 2.33. The highest BCUT2D eigenvalue weighted by Gasteiger charge is 2.25. The van der Waals surface area contributed by atoms with Crippen LogP contribution in [0.5, 0.6) is 5.75 Å². The lowest BCUT2D eigenvalue weighted by molar-refractivity contribution is -0.885. The monoisotopic (exact) mass is 392 g/mol. The lowest BCUT2D eigenvalue weighted by Gasteiger charge is -2.21. The van der Waals surface area contributed by atoms with E-state index in [1.807, 2.05) is 61.6 Å². The minimum atomic E-state index is -0.418. The van der Waals surface area contributed by atoms with Gasteiger partial charge in [-0.05, 0) is 30.5 Å². The van der Waals surface area contributed by atoms with Gasteiger partial charge >= 0.3 is 0 Å². The summed E-state index contributed by atoms with van der Waals surface area (Å²) < 4.78 is 5.27. The van der Waals surface area contributed by atoms with E-state index in [9.17, 15) is 9.59 Å². The second-order valence-corrected chi connectivity index (χ2v) is 7.01. The second-order valence-electron chi connectivity index (χ2n) is 7.01. The van der Waals surface area contributed by atoms with E-state index in [1.165, 1.54) is 0 Å². The van der Waals surface area contributed by atoms with E-state index >= 15 is 0 Å². The lowest BCUT2D eigenvalue weighted by Crippen LogP contribution is -3.14. The van der Waals surface area contributed by atoms with Gasteiger partial charge in [0.1, 0.15) is 5.75 Å². The van der Waals surface area contributed by atoms with E-state index in [4.69, 9.17) is 4.74 Å². The van der Waals surface area contributed by atoms with Gasteiger partial charge in [0.15, 0.2) is 12.6 Å². The summed E-state index contributed by atoms with van der Waals surface area (Å²) in [6.07, 6.45) is 0. The van der Waals surface area contributed by atoms with Crippen molar-refractivity contribution in [3.05, 3.63) is 66.7 Å². The summed E-state index contributed by atoms with van der Waals surface area (Å²) >= 11 is 0. The number of carbonyl (C=O) groups is 2. The molecule has 29 heavy (non-hydrogen) atoms. The average molecular weight is 392 g/mol. The smallest absolute Gasteiger partial charge is 0.282 e. The first-order chi connectivity index (χ1) is 14.0. The van der Waals surface area contributed by atoms with Crippen molar-refractivity contribution in [3.8, 4) is 5.75 Å². The van der Waals surface area contributed by atoms with Crippen LogP contribution in [-0.4, -0.2) is 38.6 Å². The Morgan fingerprint density at radius 2 is 1.59 bits per heavy atom. The molecule has 0 spiro atoms. The molecule has 3 aromatic rings. The number of ether oxygens (including phenoxy) is 1. The highest BCUT2D eigenvalue weighted by molar-refractivity contribution is 6.02. The Hall–Kier alpha value is -3.38. The Balaban J connectivity index is 1.62. The van der Waals surface area contributed by atoms with Gasteiger partial charge in [-0.25, -0.2) is 0 Å². The summed E-state index contributed by atoms with van der Waals surface area (Å²) in [6.45, 7) is 1.97. The van der Waals surface area contributed by atoms with Crippen molar-refractivity contribution in [2.24, 2.45) is 0 Å². The molecule has 2 amide bonds. The summed E-state index contributed by atoms with van der Waals surface area (Å²) in [5.74, 6) is 0.278. The Kier molecular flexibility index (Phi) is 6.46. The van der Waals surface area contributed by atoms with Crippen LogP contribution in [0.2, 0.25) is 0 Å². The third kappa shape index (κ3) is 4.92. The molecule has 2 atom stereocenters. The van der Waals surface area contributed by atoms with Crippen molar-refractivity contribution >= 4 is 34.0 Å². The molecule has 0 aliphatic heterocycles. The number of amides is 2. The minimum Gasteiger partial charge on any atom is -0.495 e. The predicted molar refractivity (Wildman–Crippen MR) is 115 cm³/mol. The first-order valence-corrected chi connectivity index (χ1v) is 9.53. The standard InChI is InChI=1S/C23H25N3O3/c1-16(23(28)25-20-12-6-7-14-21(20)29-3)26(2)15-22(27)24-19-13-8-10-17-9-4-5-11-18(17)19/h4-14,16H,15H2,1-3H3,(H,24,27)(H,25,28)/p+1/t16-/m0/s1. The number of likely N-dealkylation sites (N-methyl/N-ethyl adjacent to an activating group) is 1. The van der Waals surface area contributed by atoms with Gasteiger partial charge in [0.25, 0.3) is 11.8 Å². The number of fused-ring (bicyclic) bond motifs is 1.